The minimum Gasteiger partial charge on any atom is -0.465 e. The highest BCUT2D eigenvalue weighted by atomic mass is 16.7. The fourth-order valence-electron chi connectivity index (χ4n) is 3.30. The summed E-state index contributed by atoms with van der Waals surface area (Å²) in [6.45, 7) is 6.98. The fraction of sp³-hybridized carbons (Fsp3) is 0.682. The van der Waals surface area contributed by atoms with Crippen molar-refractivity contribution in [3.63, 3.8) is 0 Å². The molecule has 1 aliphatic heterocycles. The van der Waals surface area contributed by atoms with Crippen molar-refractivity contribution >= 4 is 5.97 Å². The van der Waals surface area contributed by atoms with Gasteiger partial charge in [0.05, 0.1) is 25.2 Å². The van der Waals surface area contributed by atoms with Crippen LogP contribution in [0.4, 0.5) is 0 Å². The van der Waals surface area contributed by atoms with E-state index in [1.54, 1.807) is 0 Å². The van der Waals surface area contributed by atoms with E-state index in [9.17, 15) is 4.79 Å². The Morgan fingerprint density at radius 3 is 2.54 bits per heavy atom. The van der Waals surface area contributed by atoms with Gasteiger partial charge in [-0.05, 0) is 18.8 Å². The number of hydrogen-bond donors (Lipinski definition) is 0. The maximum Gasteiger partial charge on any atom is 0.308 e. The summed E-state index contributed by atoms with van der Waals surface area (Å²) in [6, 6.07) is 9.92. The number of unbranched alkanes of at least 4 members (excludes halogenated alkanes) is 1. The lowest BCUT2D eigenvalue weighted by Crippen LogP contribution is -2.35. The Kier molecular flexibility index (Phi) is 9.13. The maximum absolute atomic E-state index is 12.3. The second-order valence-corrected chi connectivity index (χ2v) is 7.21. The van der Waals surface area contributed by atoms with Crippen LogP contribution in [0.2, 0.25) is 0 Å². The van der Waals surface area contributed by atoms with E-state index in [4.69, 9.17) is 14.2 Å². The molecule has 0 bridgehead atoms. The molecule has 0 spiro atoms. The highest BCUT2D eigenvalue weighted by Crippen LogP contribution is 2.32. The van der Waals surface area contributed by atoms with Crippen molar-refractivity contribution in [2.45, 2.75) is 84.2 Å². The average molecular weight is 363 g/mol. The van der Waals surface area contributed by atoms with Crippen molar-refractivity contribution in [3.8, 4) is 0 Å². The van der Waals surface area contributed by atoms with Crippen molar-refractivity contribution in [3.05, 3.63) is 35.9 Å². The van der Waals surface area contributed by atoms with Gasteiger partial charge in [0.2, 0.25) is 0 Å². The minimum atomic E-state index is -0.402. The van der Waals surface area contributed by atoms with E-state index < -0.39 is 6.29 Å². The normalized spacial score (nSPS) is 24.2. The molecule has 1 aromatic carbocycles. The van der Waals surface area contributed by atoms with Crippen molar-refractivity contribution < 1.29 is 19.0 Å². The van der Waals surface area contributed by atoms with E-state index in [0.29, 0.717) is 18.9 Å². The van der Waals surface area contributed by atoms with Gasteiger partial charge in [-0.25, -0.2) is 0 Å². The lowest BCUT2D eigenvalue weighted by molar-refractivity contribution is -0.249. The summed E-state index contributed by atoms with van der Waals surface area (Å²) in [4.78, 5) is 12.3. The summed E-state index contributed by atoms with van der Waals surface area (Å²) in [7, 11) is 0. The van der Waals surface area contributed by atoms with Crippen molar-refractivity contribution in [1.82, 2.24) is 0 Å². The van der Waals surface area contributed by atoms with Crippen LogP contribution in [0.25, 0.3) is 0 Å². The molecule has 1 aliphatic rings. The summed E-state index contributed by atoms with van der Waals surface area (Å²) >= 11 is 0. The number of benzene rings is 1. The van der Waals surface area contributed by atoms with Crippen molar-refractivity contribution in [2.24, 2.45) is 5.92 Å². The third-order valence-electron chi connectivity index (χ3n) is 5.10. The van der Waals surface area contributed by atoms with Crippen LogP contribution >= 0.6 is 0 Å². The smallest absolute Gasteiger partial charge is 0.308 e. The van der Waals surface area contributed by atoms with Gasteiger partial charge in [-0.15, -0.1) is 0 Å². The molecule has 4 atom stereocenters. The van der Waals surface area contributed by atoms with Gasteiger partial charge in [0, 0.05) is 12.0 Å². The van der Waals surface area contributed by atoms with Gasteiger partial charge in [-0.2, -0.15) is 0 Å². The molecule has 1 heterocycles. The first-order valence-corrected chi connectivity index (χ1v) is 10.2. The Morgan fingerprint density at radius 1 is 1.15 bits per heavy atom. The van der Waals surface area contributed by atoms with E-state index in [1.165, 1.54) is 12.8 Å². The molecule has 0 aliphatic carbocycles. The van der Waals surface area contributed by atoms with Gasteiger partial charge in [-0.1, -0.05) is 70.4 Å². The molecule has 1 aromatic rings. The van der Waals surface area contributed by atoms with E-state index in [0.717, 1.165) is 31.2 Å². The first-order valence-electron chi connectivity index (χ1n) is 10.2. The molecule has 0 radical (unpaired) electrons. The van der Waals surface area contributed by atoms with Crippen LogP contribution in [0.3, 0.4) is 0 Å². The maximum atomic E-state index is 12.3. The number of esters is 1. The Bertz CT molecular complexity index is 516. The zero-order valence-corrected chi connectivity index (χ0v) is 16.5. The molecule has 0 saturated carbocycles. The predicted molar refractivity (Wildman–Crippen MR) is 103 cm³/mol. The van der Waals surface area contributed by atoms with Crippen LogP contribution in [-0.2, 0) is 19.0 Å². The molecule has 4 heteroatoms. The Hall–Kier alpha value is -1.39. The zero-order chi connectivity index (χ0) is 18.8. The van der Waals surface area contributed by atoms with Gasteiger partial charge in [0.25, 0.3) is 0 Å². The van der Waals surface area contributed by atoms with Gasteiger partial charge >= 0.3 is 5.97 Å². The van der Waals surface area contributed by atoms with E-state index in [-0.39, 0.29) is 18.2 Å². The third kappa shape index (κ3) is 6.73. The van der Waals surface area contributed by atoms with Crippen molar-refractivity contribution in [1.29, 1.82) is 0 Å². The molecule has 1 unspecified atom stereocenters. The van der Waals surface area contributed by atoms with Gasteiger partial charge < -0.3 is 14.2 Å². The first-order chi connectivity index (χ1) is 12.7. The summed E-state index contributed by atoms with van der Waals surface area (Å²) < 4.78 is 17.6. The van der Waals surface area contributed by atoms with Gasteiger partial charge in [0.15, 0.2) is 6.29 Å². The lowest BCUT2D eigenvalue weighted by atomic mass is 10.0. The number of ether oxygens (including phenoxy) is 3. The van der Waals surface area contributed by atoms with Gasteiger partial charge in [0.1, 0.15) is 0 Å². The number of rotatable bonds is 10. The standard InChI is InChI=1S/C22H34O4/c1-4-7-11-17(5-2)16-24-21(23)15-20-14-19(6-3)25-22(26-20)18-12-9-8-10-13-18/h8-10,12-13,17,19-20,22H,4-7,11,14-16H2,1-3H3/t17?,19-,20-,22-/m1/s1. The molecular formula is C22H34O4. The molecular weight excluding hydrogens is 328 g/mol. The third-order valence-corrected chi connectivity index (χ3v) is 5.10. The summed E-state index contributed by atoms with van der Waals surface area (Å²) in [5, 5.41) is 0. The molecule has 0 N–H and O–H groups in total. The summed E-state index contributed by atoms with van der Waals surface area (Å²) in [5.41, 5.74) is 0.995. The fourth-order valence-corrected chi connectivity index (χ4v) is 3.30. The monoisotopic (exact) mass is 362 g/mol. The van der Waals surface area contributed by atoms with E-state index in [1.807, 2.05) is 30.3 Å². The van der Waals surface area contributed by atoms with Crippen molar-refractivity contribution in [2.75, 3.05) is 6.61 Å². The van der Waals surface area contributed by atoms with Gasteiger partial charge in [-0.3, -0.25) is 4.79 Å². The van der Waals surface area contributed by atoms with Crippen LogP contribution < -0.4 is 0 Å². The highest BCUT2D eigenvalue weighted by molar-refractivity contribution is 5.70. The Balaban J connectivity index is 1.85. The average Bonchev–Trinajstić information content (AvgIpc) is 2.68. The second kappa shape index (κ2) is 11.3. The first kappa shape index (κ1) is 20.9. The van der Waals surface area contributed by atoms with Crippen LogP contribution in [0.5, 0.6) is 0 Å². The molecule has 146 valence electrons. The molecule has 26 heavy (non-hydrogen) atoms. The molecule has 1 fully saturated rings. The molecule has 2 rings (SSSR count). The Labute approximate surface area is 158 Å². The number of carbonyl (C=O) groups excluding carboxylic acids is 1. The largest absolute Gasteiger partial charge is 0.465 e. The number of hydrogen-bond acceptors (Lipinski definition) is 4. The zero-order valence-electron chi connectivity index (χ0n) is 16.5. The quantitative estimate of drug-likeness (QED) is 0.521. The highest BCUT2D eigenvalue weighted by Gasteiger charge is 2.31. The minimum absolute atomic E-state index is 0.111. The van der Waals surface area contributed by atoms with E-state index in [2.05, 4.69) is 20.8 Å². The molecule has 4 nitrogen and oxygen atoms in total. The SMILES string of the molecule is CCCCC(CC)COC(=O)C[C@H]1C[C@@H](CC)O[C@@H](c2ccccc2)O1. The lowest BCUT2D eigenvalue weighted by Gasteiger charge is -2.35. The molecule has 0 amide bonds. The summed E-state index contributed by atoms with van der Waals surface area (Å²) in [6.07, 6.45) is 6.05. The predicted octanol–water partition coefficient (Wildman–Crippen LogP) is 5.42. The van der Waals surface area contributed by atoms with Crippen LogP contribution in [0, 0.1) is 5.92 Å². The topological polar surface area (TPSA) is 44.8 Å². The van der Waals surface area contributed by atoms with Crippen LogP contribution in [0.1, 0.15) is 77.6 Å². The van der Waals surface area contributed by atoms with Crippen LogP contribution in [-0.4, -0.2) is 24.8 Å². The second-order valence-electron chi connectivity index (χ2n) is 7.21. The molecule has 1 saturated heterocycles. The summed E-state index contributed by atoms with van der Waals surface area (Å²) in [5.74, 6) is 0.309. The van der Waals surface area contributed by atoms with E-state index >= 15 is 0 Å². The Morgan fingerprint density at radius 2 is 1.88 bits per heavy atom. The number of carbonyl (C=O) groups is 1. The van der Waals surface area contributed by atoms with Crippen LogP contribution in [0.15, 0.2) is 30.3 Å². The molecule has 0 aromatic heterocycles.